The van der Waals surface area contributed by atoms with Crippen molar-refractivity contribution in [1.29, 1.82) is 0 Å². The first-order chi connectivity index (χ1) is 23.2. The number of para-hydroxylation sites is 1. The molecule has 0 bridgehead atoms. The molecule has 0 spiro atoms. The zero-order valence-electron chi connectivity index (χ0n) is 25.3. The lowest BCUT2D eigenvalue weighted by molar-refractivity contribution is 1.18. The molecule has 4 nitrogen and oxygen atoms in total. The van der Waals surface area contributed by atoms with E-state index in [0.29, 0.717) is 17.1 Å². The van der Waals surface area contributed by atoms with E-state index in [-0.39, 0.29) is 0 Å². The number of hydrogen-bond donors (Lipinski definition) is 0. The molecule has 0 radical (unpaired) electrons. The number of rotatable bonds is 4. The quantitative estimate of drug-likeness (QED) is 0.189. The molecular weight excluding hydrogens is 573 g/mol. The SMILES string of the molecule is [C-]#[N+]c1cc(-n2c3ccccc3c3cc4ccccc4cc32)ccc1-c1nc(-c2ccccc2)c2ccc(-c3ccccc3)cc2n1. The average Bonchev–Trinajstić information content (AvgIpc) is 3.46. The van der Waals surface area contributed by atoms with Crippen LogP contribution in [0.5, 0.6) is 0 Å². The Morgan fingerprint density at radius 2 is 1.19 bits per heavy atom. The Labute approximate surface area is 271 Å². The summed E-state index contributed by atoms with van der Waals surface area (Å²) < 4.78 is 2.26. The summed E-state index contributed by atoms with van der Waals surface area (Å²) in [4.78, 5) is 14.2. The van der Waals surface area contributed by atoms with Crippen LogP contribution in [-0.2, 0) is 0 Å². The molecule has 9 rings (SSSR count). The molecule has 0 amide bonds. The highest BCUT2D eigenvalue weighted by molar-refractivity contribution is 6.13. The second kappa shape index (κ2) is 10.8. The van der Waals surface area contributed by atoms with Crippen LogP contribution in [0.15, 0.2) is 158 Å². The predicted molar refractivity (Wildman–Crippen MR) is 194 cm³/mol. The second-order valence-electron chi connectivity index (χ2n) is 11.7. The third-order valence-corrected chi connectivity index (χ3v) is 8.99. The first-order valence-corrected chi connectivity index (χ1v) is 15.6. The topological polar surface area (TPSA) is 35.1 Å². The Balaban J connectivity index is 1.26. The molecule has 0 fully saturated rings. The Bertz CT molecular complexity index is 2680. The maximum atomic E-state index is 8.28. The summed E-state index contributed by atoms with van der Waals surface area (Å²) >= 11 is 0. The van der Waals surface area contributed by atoms with Gasteiger partial charge in [0.15, 0.2) is 5.69 Å². The third kappa shape index (κ3) is 4.45. The lowest BCUT2D eigenvalue weighted by Gasteiger charge is -2.14. The van der Waals surface area contributed by atoms with Crippen molar-refractivity contribution in [2.45, 2.75) is 0 Å². The van der Waals surface area contributed by atoms with Crippen molar-refractivity contribution in [3.63, 3.8) is 0 Å². The van der Waals surface area contributed by atoms with Crippen LogP contribution < -0.4 is 0 Å². The van der Waals surface area contributed by atoms with Crippen molar-refractivity contribution in [3.05, 3.63) is 169 Å². The normalized spacial score (nSPS) is 11.4. The van der Waals surface area contributed by atoms with E-state index in [9.17, 15) is 0 Å². The van der Waals surface area contributed by atoms with Crippen LogP contribution in [0.2, 0.25) is 0 Å². The summed E-state index contributed by atoms with van der Waals surface area (Å²) in [6.45, 7) is 8.28. The zero-order chi connectivity index (χ0) is 31.3. The lowest BCUT2D eigenvalue weighted by atomic mass is 10.0. The standard InChI is InChI=1S/C43H26N4/c1-44-38-27-33(47-40-19-11-10-18-34(40)37-24-30-16-8-9-17-31(30)26-41(37)47)21-23-36(38)43-45-39-25-32(28-12-4-2-5-13-28)20-22-35(39)42(46-43)29-14-6-3-7-15-29/h2-27H. The van der Waals surface area contributed by atoms with Gasteiger partial charge in [-0.15, -0.1) is 0 Å². The molecule has 0 N–H and O–H groups in total. The van der Waals surface area contributed by atoms with Gasteiger partial charge in [0.25, 0.3) is 0 Å². The van der Waals surface area contributed by atoms with E-state index in [0.717, 1.165) is 50.0 Å². The van der Waals surface area contributed by atoms with Crippen molar-refractivity contribution < 1.29 is 0 Å². The van der Waals surface area contributed by atoms with E-state index < -0.39 is 0 Å². The molecule has 0 aliphatic heterocycles. The van der Waals surface area contributed by atoms with E-state index in [4.69, 9.17) is 16.5 Å². The van der Waals surface area contributed by atoms with Gasteiger partial charge in [-0.25, -0.2) is 14.8 Å². The minimum atomic E-state index is 0.506. The molecule has 0 atom stereocenters. The fraction of sp³-hybridized carbons (Fsp3) is 0. The molecule has 9 aromatic rings. The van der Waals surface area contributed by atoms with Gasteiger partial charge in [-0.2, -0.15) is 0 Å². The van der Waals surface area contributed by atoms with Crippen molar-refractivity contribution >= 4 is 49.2 Å². The highest BCUT2D eigenvalue weighted by Gasteiger charge is 2.18. The summed E-state index contributed by atoms with van der Waals surface area (Å²) in [7, 11) is 0. The Morgan fingerprint density at radius 1 is 0.489 bits per heavy atom. The van der Waals surface area contributed by atoms with Crippen LogP contribution in [-0.4, -0.2) is 14.5 Å². The molecule has 4 heteroatoms. The molecule has 2 aromatic heterocycles. The molecule has 0 aliphatic rings. The molecular formula is C43H26N4. The van der Waals surface area contributed by atoms with Crippen molar-refractivity contribution in [2.24, 2.45) is 0 Å². The van der Waals surface area contributed by atoms with Gasteiger partial charge in [0.1, 0.15) is 5.82 Å². The fourth-order valence-electron chi connectivity index (χ4n) is 6.75. The molecule has 47 heavy (non-hydrogen) atoms. The minimum Gasteiger partial charge on any atom is -0.310 e. The fourth-order valence-corrected chi connectivity index (χ4v) is 6.75. The smallest absolute Gasteiger partial charge is 0.200 e. The summed E-state index contributed by atoms with van der Waals surface area (Å²) in [5.74, 6) is 0.535. The van der Waals surface area contributed by atoms with Crippen LogP contribution in [0.3, 0.4) is 0 Å². The molecule has 2 heterocycles. The molecule has 0 saturated carbocycles. The van der Waals surface area contributed by atoms with Gasteiger partial charge >= 0.3 is 0 Å². The Morgan fingerprint density at radius 3 is 1.98 bits per heavy atom. The molecule has 0 aliphatic carbocycles. The minimum absolute atomic E-state index is 0.506. The summed E-state index contributed by atoms with van der Waals surface area (Å²) in [5.41, 5.74) is 9.25. The third-order valence-electron chi connectivity index (χ3n) is 8.99. The van der Waals surface area contributed by atoms with Gasteiger partial charge < -0.3 is 4.57 Å². The Kier molecular flexibility index (Phi) is 6.16. The van der Waals surface area contributed by atoms with Gasteiger partial charge in [-0.3, -0.25) is 0 Å². The van der Waals surface area contributed by atoms with Crippen LogP contribution in [0.25, 0.3) is 87.8 Å². The number of benzene rings is 7. The van der Waals surface area contributed by atoms with Crippen molar-refractivity contribution in [3.8, 4) is 39.5 Å². The summed E-state index contributed by atoms with van der Waals surface area (Å²) in [6, 6.07) is 54.4. The Hall–Kier alpha value is -6.57. The van der Waals surface area contributed by atoms with Crippen molar-refractivity contribution in [2.75, 3.05) is 0 Å². The highest BCUT2D eigenvalue weighted by Crippen LogP contribution is 2.39. The molecule has 7 aromatic carbocycles. The maximum absolute atomic E-state index is 8.28. The first kappa shape index (κ1) is 26.8. The van der Waals surface area contributed by atoms with Gasteiger partial charge in [0.2, 0.25) is 0 Å². The summed E-state index contributed by atoms with van der Waals surface area (Å²) in [5, 5.41) is 5.73. The first-order valence-electron chi connectivity index (χ1n) is 15.6. The van der Waals surface area contributed by atoms with E-state index in [1.807, 2.05) is 48.5 Å². The van der Waals surface area contributed by atoms with Crippen LogP contribution in [0.1, 0.15) is 0 Å². The van der Waals surface area contributed by atoms with Crippen molar-refractivity contribution in [1.82, 2.24) is 14.5 Å². The van der Waals surface area contributed by atoms with Crippen LogP contribution in [0.4, 0.5) is 5.69 Å². The number of hydrogen-bond acceptors (Lipinski definition) is 2. The maximum Gasteiger partial charge on any atom is 0.200 e. The largest absolute Gasteiger partial charge is 0.310 e. The van der Waals surface area contributed by atoms with E-state index >= 15 is 0 Å². The van der Waals surface area contributed by atoms with Gasteiger partial charge in [0.05, 0.1) is 28.8 Å². The highest BCUT2D eigenvalue weighted by atomic mass is 15.0. The molecule has 0 saturated heterocycles. The van der Waals surface area contributed by atoms with Crippen LogP contribution >= 0.6 is 0 Å². The van der Waals surface area contributed by atoms with Gasteiger partial charge in [0, 0.05) is 33.0 Å². The van der Waals surface area contributed by atoms with Crippen LogP contribution in [0, 0.1) is 6.57 Å². The predicted octanol–water partition coefficient (Wildman–Crippen LogP) is 11.4. The summed E-state index contributed by atoms with van der Waals surface area (Å²) in [6.07, 6.45) is 0. The van der Waals surface area contributed by atoms with E-state index in [1.54, 1.807) is 0 Å². The van der Waals surface area contributed by atoms with Gasteiger partial charge in [-0.05, 0) is 64.4 Å². The van der Waals surface area contributed by atoms with Gasteiger partial charge in [-0.1, -0.05) is 115 Å². The monoisotopic (exact) mass is 598 g/mol. The number of fused-ring (bicyclic) bond motifs is 5. The average molecular weight is 599 g/mol. The van der Waals surface area contributed by atoms with E-state index in [2.05, 4.69) is 119 Å². The zero-order valence-corrected chi connectivity index (χ0v) is 25.3. The second-order valence-corrected chi connectivity index (χ2v) is 11.7. The number of aromatic nitrogens is 3. The molecule has 218 valence electrons. The van der Waals surface area contributed by atoms with E-state index in [1.165, 1.54) is 21.5 Å². The lowest BCUT2D eigenvalue weighted by Crippen LogP contribution is -1.98. The number of nitrogens with zero attached hydrogens (tertiary/aromatic N) is 4. The molecule has 0 unspecified atom stereocenters.